The molecule has 2 aromatic rings. The van der Waals surface area contributed by atoms with Gasteiger partial charge in [0.1, 0.15) is 5.75 Å². The molecule has 2 saturated carbocycles. The topological polar surface area (TPSA) is 168 Å². The van der Waals surface area contributed by atoms with Crippen LogP contribution in [0, 0.1) is 23.7 Å². The molecule has 0 radical (unpaired) electrons. The molecule has 0 saturated heterocycles. The molecule has 0 spiro atoms. The summed E-state index contributed by atoms with van der Waals surface area (Å²) in [6, 6.07) is 9.85. The van der Waals surface area contributed by atoms with E-state index in [-0.39, 0.29) is 24.2 Å². The first-order valence-corrected chi connectivity index (χ1v) is 14.3. The number of nitrogens with two attached hydrogens (primary N) is 1. The number of ketones is 4. The van der Waals surface area contributed by atoms with Crippen LogP contribution in [0.1, 0.15) is 27.9 Å². The number of benzene rings is 2. The summed E-state index contributed by atoms with van der Waals surface area (Å²) in [4.78, 5) is 70.5. The number of ether oxygens (including phenoxy) is 1. The summed E-state index contributed by atoms with van der Waals surface area (Å²) >= 11 is 0. The molecule has 228 valence electrons. The molecule has 0 heterocycles. The zero-order valence-corrected chi connectivity index (χ0v) is 24.7. The van der Waals surface area contributed by atoms with Crippen LogP contribution in [0.5, 0.6) is 5.75 Å². The number of nitrogens with zero attached hydrogens (tertiary/aromatic N) is 2. The number of likely N-dealkylation sites (N-methyl/N-ethyl adjacent to an activating group) is 2. The highest BCUT2D eigenvalue weighted by Gasteiger charge is 2.69. The normalized spacial score (nSPS) is 28.6. The van der Waals surface area contributed by atoms with E-state index in [4.69, 9.17) is 10.5 Å². The van der Waals surface area contributed by atoms with Crippen molar-refractivity contribution in [1.29, 1.82) is 0 Å². The van der Waals surface area contributed by atoms with E-state index in [0.717, 1.165) is 23.2 Å². The Bertz CT molecular complexity index is 1520. The third-order valence-corrected chi connectivity index (χ3v) is 9.31. The highest BCUT2D eigenvalue weighted by molar-refractivity contribution is 6.32. The number of hydrogen-bond acceptors (Lipinski definition) is 10. The van der Waals surface area contributed by atoms with E-state index >= 15 is 0 Å². The minimum absolute atomic E-state index is 0.00330. The van der Waals surface area contributed by atoms with Crippen LogP contribution >= 0.6 is 0 Å². The summed E-state index contributed by atoms with van der Waals surface area (Å²) in [6.45, 7) is 2.00. The minimum atomic E-state index is -2.74. The number of carbonyl (C=O) groups excluding carboxylic acids is 5. The van der Waals surface area contributed by atoms with Crippen LogP contribution in [-0.2, 0) is 36.9 Å². The van der Waals surface area contributed by atoms with Gasteiger partial charge in [-0.1, -0.05) is 24.3 Å². The van der Waals surface area contributed by atoms with Crippen LogP contribution in [-0.4, -0.2) is 102 Å². The Hall–Kier alpha value is -3.77. The largest absolute Gasteiger partial charge is 0.507 e. The van der Waals surface area contributed by atoms with Crippen molar-refractivity contribution in [1.82, 2.24) is 9.80 Å². The van der Waals surface area contributed by atoms with Gasteiger partial charge in [-0.15, -0.1) is 0 Å². The van der Waals surface area contributed by atoms with E-state index in [2.05, 4.69) is 4.90 Å². The maximum absolute atomic E-state index is 14.0. The average molecular weight is 592 g/mol. The van der Waals surface area contributed by atoms with Gasteiger partial charge in [-0.2, -0.15) is 0 Å². The number of fused-ring (bicyclic) bond motifs is 3. The Morgan fingerprint density at radius 1 is 1.09 bits per heavy atom. The monoisotopic (exact) mass is 591 g/mol. The number of rotatable bonds is 8. The number of amides is 1. The van der Waals surface area contributed by atoms with Gasteiger partial charge < -0.3 is 20.7 Å². The van der Waals surface area contributed by atoms with E-state index in [9.17, 15) is 34.2 Å². The maximum Gasteiger partial charge on any atom is 0.235 e. The summed E-state index contributed by atoms with van der Waals surface area (Å²) < 4.78 is 5.17. The first-order chi connectivity index (χ1) is 20.3. The van der Waals surface area contributed by atoms with Crippen molar-refractivity contribution in [2.75, 3.05) is 41.4 Å². The van der Waals surface area contributed by atoms with Crippen molar-refractivity contribution in [3.05, 3.63) is 53.1 Å². The third-order valence-electron chi connectivity index (χ3n) is 9.31. The summed E-state index contributed by atoms with van der Waals surface area (Å²) in [7, 11) is 6.76. The van der Waals surface area contributed by atoms with Crippen molar-refractivity contribution in [2.24, 2.45) is 29.4 Å². The van der Waals surface area contributed by atoms with Crippen LogP contribution in [0.2, 0.25) is 0 Å². The summed E-state index contributed by atoms with van der Waals surface area (Å²) in [5.74, 6) is -10.6. The molecule has 2 fully saturated rings. The Labute approximate surface area is 249 Å². The van der Waals surface area contributed by atoms with E-state index in [0.29, 0.717) is 18.7 Å². The molecule has 43 heavy (non-hydrogen) atoms. The van der Waals surface area contributed by atoms with Crippen molar-refractivity contribution in [2.45, 2.75) is 31.0 Å². The molecule has 4 N–H and O–H groups in total. The molecule has 11 nitrogen and oxygen atoms in total. The van der Waals surface area contributed by atoms with Gasteiger partial charge in [0, 0.05) is 26.1 Å². The Kier molecular flexibility index (Phi) is 8.12. The van der Waals surface area contributed by atoms with Crippen LogP contribution < -0.4 is 5.73 Å². The molecule has 11 heteroatoms. The third kappa shape index (κ3) is 4.90. The van der Waals surface area contributed by atoms with E-state index in [1.807, 2.05) is 31.3 Å². The fourth-order valence-electron chi connectivity index (χ4n) is 7.35. The molecule has 0 aromatic heterocycles. The Morgan fingerprint density at radius 3 is 2.47 bits per heavy atom. The number of hydrogen-bond donors (Lipinski definition) is 3. The SMILES string of the molecule is COCCN(C)Cc1cccc(-c2ccc(O)c3c2C[C@H]2C[C@H]4[C@H](N(C)C)C(=O)C(C(N)=O)C(=O)[C@@]4(O)C(=O)C2C3=O)c1. The molecule has 3 aliphatic carbocycles. The van der Waals surface area contributed by atoms with Gasteiger partial charge in [-0.05, 0) is 74.3 Å². The lowest BCUT2D eigenvalue weighted by Gasteiger charge is -2.52. The fraction of sp³-hybridized carbons (Fsp3) is 0.469. The van der Waals surface area contributed by atoms with E-state index in [1.54, 1.807) is 27.3 Å². The molecule has 1 amide bonds. The average Bonchev–Trinajstić information content (AvgIpc) is 2.93. The number of phenolic OH excluding ortho intramolecular Hbond substituents is 1. The molecule has 0 aliphatic heterocycles. The van der Waals surface area contributed by atoms with Crippen molar-refractivity contribution < 1.29 is 38.9 Å². The van der Waals surface area contributed by atoms with Gasteiger partial charge in [-0.25, -0.2) is 0 Å². The lowest BCUT2D eigenvalue weighted by Crippen LogP contribution is -2.74. The summed E-state index contributed by atoms with van der Waals surface area (Å²) in [6.07, 6.45) is 0.205. The van der Waals surface area contributed by atoms with Gasteiger partial charge >= 0.3 is 0 Å². The summed E-state index contributed by atoms with van der Waals surface area (Å²) in [5, 5.41) is 22.6. The second kappa shape index (κ2) is 11.4. The van der Waals surface area contributed by atoms with Crippen molar-refractivity contribution >= 4 is 29.0 Å². The maximum atomic E-state index is 14.0. The molecule has 2 aromatic carbocycles. The molecule has 3 aliphatic rings. The first-order valence-electron chi connectivity index (χ1n) is 14.3. The second-order valence-corrected chi connectivity index (χ2v) is 12.2. The Morgan fingerprint density at radius 2 is 1.81 bits per heavy atom. The lowest BCUT2D eigenvalue weighted by atomic mass is 9.52. The molecular weight excluding hydrogens is 554 g/mol. The molecule has 6 atom stereocenters. The van der Waals surface area contributed by atoms with Crippen LogP contribution in [0.4, 0.5) is 0 Å². The van der Waals surface area contributed by atoms with Crippen LogP contribution in [0.3, 0.4) is 0 Å². The van der Waals surface area contributed by atoms with Gasteiger partial charge in [0.2, 0.25) is 5.91 Å². The van der Waals surface area contributed by atoms with E-state index < -0.39 is 64.4 Å². The van der Waals surface area contributed by atoms with Crippen molar-refractivity contribution in [3.8, 4) is 16.9 Å². The predicted molar refractivity (Wildman–Crippen MR) is 155 cm³/mol. The number of aliphatic hydroxyl groups is 1. The number of methoxy groups -OCH3 is 1. The van der Waals surface area contributed by atoms with Crippen LogP contribution in [0.15, 0.2) is 36.4 Å². The van der Waals surface area contributed by atoms with Gasteiger partial charge in [0.05, 0.1) is 24.1 Å². The number of carbonyl (C=O) groups is 5. The molecular formula is C32H37N3O8. The number of Topliss-reactive ketones (excluding diaryl/α,β-unsaturated/α-hetero) is 4. The number of phenols is 1. The smallest absolute Gasteiger partial charge is 0.235 e. The minimum Gasteiger partial charge on any atom is -0.507 e. The first kappa shape index (κ1) is 30.7. The molecule has 5 rings (SSSR count). The predicted octanol–water partition coefficient (Wildman–Crippen LogP) is 0.612. The van der Waals surface area contributed by atoms with Gasteiger partial charge in [-0.3, -0.25) is 33.8 Å². The lowest BCUT2D eigenvalue weighted by molar-refractivity contribution is -0.181. The highest BCUT2D eigenvalue weighted by Crippen LogP contribution is 2.51. The zero-order valence-electron chi connectivity index (χ0n) is 24.7. The van der Waals surface area contributed by atoms with Crippen molar-refractivity contribution in [3.63, 3.8) is 0 Å². The molecule has 0 bridgehead atoms. The fourth-order valence-corrected chi connectivity index (χ4v) is 7.35. The zero-order chi connectivity index (χ0) is 31.4. The number of primary amides is 1. The Balaban J connectivity index is 1.57. The second-order valence-electron chi connectivity index (χ2n) is 12.2. The van der Waals surface area contributed by atoms with Gasteiger partial charge in [0.15, 0.2) is 34.7 Å². The molecule has 2 unspecified atom stereocenters. The standard InChI is InChI=1S/C32H37N3O8/c1-34(2)26-21-14-18-13-20-19(17-7-5-6-16(12-17)15-35(3)10-11-43-4)8-9-22(36)24(20)27(37)23(18)29(39)32(21,42)30(40)25(28(26)38)31(33)41/h5-9,12,18,21,23,25-26,36,42H,10-11,13-15H2,1-4H3,(H2,33,41)/t18-,21-,23?,25?,26-,32-/m0/s1. The van der Waals surface area contributed by atoms with E-state index in [1.165, 1.54) is 11.0 Å². The quantitative estimate of drug-likeness (QED) is 0.370. The van der Waals surface area contributed by atoms with Gasteiger partial charge in [0.25, 0.3) is 0 Å². The number of aromatic hydroxyl groups is 1. The summed E-state index contributed by atoms with van der Waals surface area (Å²) in [5.41, 5.74) is 5.77. The highest BCUT2D eigenvalue weighted by atomic mass is 16.5. The van der Waals surface area contributed by atoms with Crippen LogP contribution in [0.25, 0.3) is 11.1 Å².